The van der Waals surface area contributed by atoms with Crippen molar-refractivity contribution in [2.24, 2.45) is 0 Å². The highest BCUT2D eigenvalue weighted by Gasteiger charge is 2.27. The summed E-state index contributed by atoms with van der Waals surface area (Å²) in [4.78, 5) is 25.0. The highest BCUT2D eigenvalue weighted by molar-refractivity contribution is 6.13. The van der Waals surface area contributed by atoms with Gasteiger partial charge in [0.25, 0.3) is 0 Å². The fourth-order valence-corrected chi connectivity index (χ4v) is 3.87. The lowest BCUT2D eigenvalue weighted by Gasteiger charge is -2.27. The van der Waals surface area contributed by atoms with Crippen molar-refractivity contribution in [3.8, 4) is 22.6 Å². The Hall–Kier alpha value is -4.06. The summed E-state index contributed by atoms with van der Waals surface area (Å²) in [5, 5.41) is 20.8. The number of benzene rings is 3. The molecule has 194 valence electrons. The number of carbonyl (C=O) groups excluding carboxylic acids is 2. The molecule has 0 aromatic heterocycles. The number of phenols is 1. The Kier molecular flexibility index (Phi) is 9.12. The van der Waals surface area contributed by atoms with Crippen molar-refractivity contribution in [2.75, 3.05) is 13.2 Å². The number of ketones is 1. The molecule has 0 amide bonds. The first kappa shape index (κ1) is 27.5. The number of phenolic OH excluding ortho intramolecular Hbond substituents is 1. The second-order valence-electron chi connectivity index (χ2n) is 9.36. The van der Waals surface area contributed by atoms with Crippen LogP contribution in [0.4, 0.5) is 0 Å². The normalized spacial score (nSPS) is 11.7. The lowest BCUT2D eigenvalue weighted by Crippen LogP contribution is -2.16. The molecule has 0 radical (unpaired) electrons. The summed E-state index contributed by atoms with van der Waals surface area (Å²) >= 11 is 0. The van der Waals surface area contributed by atoms with Crippen molar-refractivity contribution in [3.05, 3.63) is 95.3 Å². The quantitative estimate of drug-likeness (QED) is 0.0990. The van der Waals surface area contributed by atoms with E-state index in [9.17, 15) is 19.8 Å². The third-order valence-corrected chi connectivity index (χ3v) is 6.47. The molecule has 0 aliphatic rings. The van der Waals surface area contributed by atoms with E-state index in [4.69, 9.17) is 9.47 Å². The predicted molar refractivity (Wildman–Crippen MR) is 144 cm³/mol. The fraction of sp³-hybridized carbons (Fsp3) is 0.290. The standard InChI is InChI=1S/C31H34O6/c1-5-27(32)30(35)37-18-12-17-36-22-19-25(29(34)26(20-22)31(3,4)6-2)23-15-10-11-16-24(23)28(33)21-13-8-7-9-14-21/h5,7-11,13-16,19-20,32,34H,6,12,17-18H2,1-4H3. The van der Waals surface area contributed by atoms with Crippen LogP contribution in [0.2, 0.25) is 0 Å². The van der Waals surface area contributed by atoms with E-state index in [0.717, 1.165) is 6.42 Å². The first-order chi connectivity index (χ1) is 17.7. The maximum absolute atomic E-state index is 13.4. The van der Waals surface area contributed by atoms with E-state index >= 15 is 0 Å². The SMILES string of the molecule is CC=C(O)C(=O)OCCCOc1cc(-c2ccccc2C(=O)c2ccccc2)c(O)c(C(C)(C)CC)c1. The van der Waals surface area contributed by atoms with Gasteiger partial charge in [0.15, 0.2) is 11.5 Å². The molecule has 0 saturated carbocycles. The lowest BCUT2D eigenvalue weighted by atomic mass is 9.79. The highest BCUT2D eigenvalue weighted by atomic mass is 16.5. The van der Waals surface area contributed by atoms with Crippen molar-refractivity contribution < 1.29 is 29.3 Å². The van der Waals surface area contributed by atoms with Gasteiger partial charge in [-0.1, -0.05) is 75.4 Å². The molecule has 0 unspecified atom stereocenters. The van der Waals surface area contributed by atoms with Gasteiger partial charge in [-0.25, -0.2) is 4.79 Å². The van der Waals surface area contributed by atoms with Crippen molar-refractivity contribution in [1.29, 1.82) is 0 Å². The smallest absolute Gasteiger partial charge is 0.373 e. The number of aromatic hydroxyl groups is 1. The molecular weight excluding hydrogens is 468 g/mol. The highest BCUT2D eigenvalue weighted by Crippen LogP contribution is 2.44. The molecule has 37 heavy (non-hydrogen) atoms. The number of esters is 1. The van der Waals surface area contributed by atoms with Gasteiger partial charge in [-0.15, -0.1) is 0 Å². The summed E-state index contributed by atoms with van der Waals surface area (Å²) in [6.07, 6.45) is 2.46. The van der Waals surface area contributed by atoms with E-state index in [1.807, 2.05) is 57.2 Å². The molecule has 0 atom stereocenters. The third kappa shape index (κ3) is 6.58. The zero-order valence-corrected chi connectivity index (χ0v) is 21.8. The second kappa shape index (κ2) is 12.3. The molecule has 0 fully saturated rings. The summed E-state index contributed by atoms with van der Waals surface area (Å²) in [7, 11) is 0. The number of aliphatic hydroxyl groups excluding tert-OH is 1. The molecule has 6 heteroatoms. The predicted octanol–water partition coefficient (Wildman–Crippen LogP) is 6.75. The van der Waals surface area contributed by atoms with Gasteiger partial charge in [-0.05, 0) is 42.5 Å². The monoisotopic (exact) mass is 502 g/mol. The number of hydrogen-bond donors (Lipinski definition) is 2. The number of ether oxygens (including phenoxy) is 2. The van der Waals surface area contributed by atoms with Gasteiger partial charge in [-0.2, -0.15) is 0 Å². The van der Waals surface area contributed by atoms with Crippen LogP contribution in [0.1, 0.15) is 62.0 Å². The topological polar surface area (TPSA) is 93.1 Å². The van der Waals surface area contributed by atoms with Crippen LogP contribution in [-0.2, 0) is 14.9 Å². The summed E-state index contributed by atoms with van der Waals surface area (Å²) in [6.45, 7) is 8.03. The lowest BCUT2D eigenvalue weighted by molar-refractivity contribution is -0.142. The molecule has 0 bridgehead atoms. The second-order valence-corrected chi connectivity index (χ2v) is 9.36. The van der Waals surface area contributed by atoms with Gasteiger partial charge in [0.05, 0.1) is 13.2 Å². The Labute approximate surface area is 218 Å². The number of rotatable bonds is 11. The Bertz CT molecular complexity index is 1270. The zero-order chi connectivity index (χ0) is 27.0. The molecule has 0 heterocycles. The molecule has 3 aromatic rings. The van der Waals surface area contributed by atoms with E-state index in [-0.39, 0.29) is 30.2 Å². The minimum atomic E-state index is -0.777. The van der Waals surface area contributed by atoms with E-state index < -0.39 is 11.7 Å². The summed E-state index contributed by atoms with van der Waals surface area (Å²) in [5.74, 6) is -0.693. The summed E-state index contributed by atoms with van der Waals surface area (Å²) in [5.41, 5.74) is 2.54. The van der Waals surface area contributed by atoms with Crippen molar-refractivity contribution in [2.45, 2.75) is 46.0 Å². The van der Waals surface area contributed by atoms with Gasteiger partial charge in [0, 0.05) is 28.7 Å². The average molecular weight is 503 g/mol. The summed E-state index contributed by atoms with van der Waals surface area (Å²) in [6, 6.07) is 19.8. The van der Waals surface area contributed by atoms with Crippen LogP contribution in [0.15, 0.2) is 78.6 Å². The van der Waals surface area contributed by atoms with Gasteiger partial charge < -0.3 is 19.7 Å². The van der Waals surface area contributed by atoms with Crippen LogP contribution in [0.5, 0.6) is 11.5 Å². The van der Waals surface area contributed by atoms with Gasteiger partial charge in [0.1, 0.15) is 11.5 Å². The molecule has 2 N–H and O–H groups in total. The van der Waals surface area contributed by atoms with Crippen molar-refractivity contribution >= 4 is 11.8 Å². The van der Waals surface area contributed by atoms with Crippen LogP contribution in [0.25, 0.3) is 11.1 Å². The van der Waals surface area contributed by atoms with Crippen molar-refractivity contribution in [1.82, 2.24) is 0 Å². The molecule has 0 spiro atoms. The number of aliphatic hydroxyl groups is 1. The fourth-order valence-electron chi connectivity index (χ4n) is 3.87. The van der Waals surface area contributed by atoms with Gasteiger partial charge in [-0.3, -0.25) is 4.79 Å². The molecule has 6 nitrogen and oxygen atoms in total. The van der Waals surface area contributed by atoms with E-state index in [1.165, 1.54) is 6.08 Å². The maximum Gasteiger partial charge on any atom is 0.373 e. The van der Waals surface area contributed by atoms with E-state index in [1.54, 1.807) is 37.3 Å². The largest absolute Gasteiger partial charge is 0.507 e. The third-order valence-electron chi connectivity index (χ3n) is 6.47. The van der Waals surface area contributed by atoms with Crippen molar-refractivity contribution in [3.63, 3.8) is 0 Å². The minimum absolute atomic E-state index is 0.0867. The Balaban J connectivity index is 1.95. The van der Waals surface area contributed by atoms with Crippen LogP contribution >= 0.6 is 0 Å². The molecule has 0 saturated heterocycles. The van der Waals surface area contributed by atoms with Crippen LogP contribution in [-0.4, -0.2) is 35.2 Å². The zero-order valence-electron chi connectivity index (χ0n) is 21.8. The number of carbonyl (C=O) groups is 2. The van der Waals surface area contributed by atoms with Crippen LogP contribution in [0, 0.1) is 0 Å². The number of allylic oxidation sites excluding steroid dienone is 1. The molecule has 0 aliphatic heterocycles. The van der Waals surface area contributed by atoms with Gasteiger partial charge in [0.2, 0.25) is 0 Å². The van der Waals surface area contributed by atoms with E-state index in [2.05, 4.69) is 0 Å². The minimum Gasteiger partial charge on any atom is -0.507 e. The Morgan fingerprint density at radius 2 is 1.62 bits per heavy atom. The van der Waals surface area contributed by atoms with Gasteiger partial charge >= 0.3 is 5.97 Å². The number of hydrogen-bond acceptors (Lipinski definition) is 6. The first-order valence-electron chi connectivity index (χ1n) is 12.4. The average Bonchev–Trinajstić information content (AvgIpc) is 2.92. The van der Waals surface area contributed by atoms with E-state index in [0.29, 0.717) is 40.0 Å². The maximum atomic E-state index is 13.4. The van der Waals surface area contributed by atoms with Crippen LogP contribution in [0.3, 0.4) is 0 Å². The first-order valence-corrected chi connectivity index (χ1v) is 12.4. The Morgan fingerprint density at radius 3 is 2.30 bits per heavy atom. The molecule has 0 aliphatic carbocycles. The summed E-state index contributed by atoms with van der Waals surface area (Å²) < 4.78 is 11.0. The molecular formula is C31H34O6. The van der Waals surface area contributed by atoms with Crippen LogP contribution < -0.4 is 4.74 Å². The molecule has 3 aromatic carbocycles. The molecule has 3 rings (SSSR count). The Morgan fingerprint density at radius 1 is 0.946 bits per heavy atom.